The lowest BCUT2D eigenvalue weighted by atomic mass is 9.94. The number of methoxy groups -OCH3 is 3. The monoisotopic (exact) mass is 508 g/mol. The Kier molecular flexibility index (Phi) is 14.2. The summed E-state index contributed by atoms with van der Waals surface area (Å²) in [6.07, 6.45) is -3.68. The number of esters is 6. The summed E-state index contributed by atoms with van der Waals surface area (Å²) in [7, 11) is 2.95. The van der Waals surface area contributed by atoms with Gasteiger partial charge in [0.25, 0.3) is 0 Å². The van der Waals surface area contributed by atoms with Gasteiger partial charge in [-0.2, -0.15) is 0 Å². The summed E-state index contributed by atoms with van der Waals surface area (Å²) in [5, 5.41) is 0. The van der Waals surface area contributed by atoms with Crippen molar-refractivity contribution in [3.63, 3.8) is 0 Å². The average Bonchev–Trinajstić information content (AvgIpc) is 2.81. The van der Waals surface area contributed by atoms with Gasteiger partial charge in [-0.3, -0.25) is 19.2 Å². The molecule has 0 atom stereocenters. The zero-order chi connectivity index (χ0) is 27.1. The topological polar surface area (TPSA) is 176 Å². The first-order valence-electron chi connectivity index (χ1n) is 10.6. The van der Waals surface area contributed by atoms with E-state index in [1.807, 2.05) is 0 Å². The molecule has 0 saturated heterocycles. The SMILES string of the molecule is CCOC(=O)CC(CC(=O)OCC)(OOC(CC(=O)OC)(CC(=O)OC)C(=O)OC)C(=O)OCC. The van der Waals surface area contributed by atoms with Gasteiger partial charge in [-0.15, -0.1) is 0 Å². The summed E-state index contributed by atoms with van der Waals surface area (Å²) in [6, 6.07) is 0. The number of rotatable bonds is 16. The molecule has 200 valence electrons. The van der Waals surface area contributed by atoms with Crippen molar-refractivity contribution in [3.05, 3.63) is 0 Å². The molecule has 0 amide bonds. The van der Waals surface area contributed by atoms with E-state index in [4.69, 9.17) is 24.0 Å². The highest BCUT2D eigenvalue weighted by Gasteiger charge is 2.54. The third-order valence-corrected chi connectivity index (χ3v) is 4.35. The van der Waals surface area contributed by atoms with Crippen molar-refractivity contribution in [2.45, 2.75) is 57.7 Å². The van der Waals surface area contributed by atoms with Crippen LogP contribution in [-0.2, 0) is 67.0 Å². The standard InChI is InChI=1S/C21H32O14/c1-7-31-16(24)12-21(19(27)33-9-3,13-17(25)32-8-2)35-34-20(18(26)30-6,10-14(22)28-4)11-15(23)29-5/h7-13H2,1-6H3. The summed E-state index contributed by atoms with van der Waals surface area (Å²) in [6.45, 7) is 4.11. The van der Waals surface area contributed by atoms with Gasteiger partial charge in [0.05, 0.1) is 66.8 Å². The smallest absolute Gasteiger partial charge is 0.343 e. The first-order valence-corrected chi connectivity index (χ1v) is 10.6. The molecule has 14 heteroatoms. The third kappa shape index (κ3) is 9.86. The Morgan fingerprint density at radius 2 is 0.829 bits per heavy atom. The number of carbonyl (C=O) groups excluding carboxylic acids is 6. The maximum atomic E-state index is 12.9. The second-order valence-electron chi connectivity index (χ2n) is 6.84. The molecule has 0 aliphatic rings. The van der Waals surface area contributed by atoms with Crippen molar-refractivity contribution in [2.75, 3.05) is 41.2 Å². The summed E-state index contributed by atoms with van der Waals surface area (Å²) in [5.74, 6) is -6.55. The molecule has 0 spiro atoms. The zero-order valence-corrected chi connectivity index (χ0v) is 20.7. The summed E-state index contributed by atoms with van der Waals surface area (Å²) < 4.78 is 28.4. The summed E-state index contributed by atoms with van der Waals surface area (Å²) in [4.78, 5) is 84.8. The molecule has 0 heterocycles. The Morgan fingerprint density at radius 1 is 0.486 bits per heavy atom. The van der Waals surface area contributed by atoms with Crippen LogP contribution < -0.4 is 0 Å². The van der Waals surface area contributed by atoms with Gasteiger partial charge < -0.3 is 28.4 Å². The molecule has 0 unspecified atom stereocenters. The van der Waals surface area contributed by atoms with Crippen LogP contribution in [0.15, 0.2) is 0 Å². The van der Waals surface area contributed by atoms with Crippen LogP contribution in [-0.4, -0.2) is 88.2 Å². The Balaban J connectivity index is 6.60. The van der Waals surface area contributed by atoms with Gasteiger partial charge >= 0.3 is 35.8 Å². The van der Waals surface area contributed by atoms with Gasteiger partial charge in [-0.05, 0) is 20.8 Å². The Hall–Kier alpha value is -3.26. The summed E-state index contributed by atoms with van der Waals surface area (Å²) >= 11 is 0. The second-order valence-corrected chi connectivity index (χ2v) is 6.84. The molecule has 0 aromatic carbocycles. The van der Waals surface area contributed by atoms with Crippen molar-refractivity contribution >= 4 is 35.8 Å². The predicted octanol–water partition coefficient (Wildman–Crippen LogP) is 0.181. The predicted molar refractivity (Wildman–Crippen MR) is 112 cm³/mol. The molecule has 0 aromatic heterocycles. The molecule has 35 heavy (non-hydrogen) atoms. The van der Waals surface area contributed by atoms with Gasteiger partial charge in [0, 0.05) is 0 Å². The quantitative estimate of drug-likeness (QED) is 0.119. The average molecular weight is 508 g/mol. The molecular weight excluding hydrogens is 476 g/mol. The van der Waals surface area contributed by atoms with E-state index in [9.17, 15) is 28.8 Å². The highest BCUT2D eigenvalue weighted by Crippen LogP contribution is 2.32. The molecular formula is C21H32O14. The maximum Gasteiger partial charge on any atom is 0.343 e. The second kappa shape index (κ2) is 15.6. The van der Waals surface area contributed by atoms with Crippen LogP contribution >= 0.6 is 0 Å². The number of carbonyl (C=O) groups is 6. The number of hydrogen-bond acceptors (Lipinski definition) is 14. The van der Waals surface area contributed by atoms with Gasteiger partial charge in [0.1, 0.15) is 0 Å². The van der Waals surface area contributed by atoms with Crippen LogP contribution in [0.1, 0.15) is 46.5 Å². The van der Waals surface area contributed by atoms with Crippen LogP contribution in [0.4, 0.5) is 0 Å². The highest BCUT2D eigenvalue weighted by molar-refractivity contribution is 5.91. The molecule has 0 aliphatic heterocycles. The minimum absolute atomic E-state index is 0.0746. The van der Waals surface area contributed by atoms with Gasteiger partial charge in [-0.1, -0.05) is 0 Å². The molecule has 0 rings (SSSR count). The fraction of sp³-hybridized carbons (Fsp3) is 0.714. The first-order chi connectivity index (χ1) is 16.5. The summed E-state index contributed by atoms with van der Waals surface area (Å²) in [5.41, 5.74) is -5.06. The maximum absolute atomic E-state index is 12.9. The molecule has 0 N–H and O–H groups in total. The third-order valence-electron chi connectivity index (χ3n) is 4.35. The van der Waals surface area contributed by atoms with E-state index in [1.165, 1.54) is 20.8 Å². The van der Waals surface area contributed by atoms with E-state index in [-0.39, 0.29) is 19.8 Å². The van der Waals surface area contributed by atoms with Crippen LogP contribution in [0.25, 0.3) is 0 Å². The Morgan fingerprint density at radius 3 is 1.14 bits per heavy atom. The Bertz CT molecular complexity index is 721. The molecule has 0 aromatic rings. The highest BCUT2D eigenvalue weighted by atomic mass is 17.2. The van der Waals surface area contributed by atoms with E-state index in [0.717, 1.165) is 21.3 Å². The normalized spacial score (nSPS) is 11.1. The lowest BCUT2D eigenvalue weighted by Crippen LogP contribution is -2.53. The van der Waals surface area contributed by atoms with E-state index in [2.05, 4.69) is 14.2 Å². The van der Waals surface area contributed by atoms with Crippen LogP contribution in [0.3, 0.4) is 0 Å². The largest absolute Gasteiger partial charge is 0.469 e. The molecule has 0 saturated carbocycles. The number of hydrogen-bond donors (Lipinski definition) is 0. The van der Waals surface area contributed by atoms with E-state index < -0.39 is 72.7 Å². The van der Waals surface area contributed by atoms with E-state index in [0.29, 0.717) is 0 Å². The van der Waals surface area contributed by atoms with Crippen LogP contribution in [0.5, 0.6) is 0 Å². The fourth-order valence-electron chi connectivity index (χ4n) is 2.71. The minimum Gasteiger partial charge on any atom is -0.469 e. The minimum atomic E-state index is -2.53. The number of ether oxygens (including phenoxy) is 6. The van der Waals surface area contributed by atoms with Crippen molar-refractivity contribution in [3.8, 4) is 0 Å². The van der Waals surface area contributed by atoms with Crippen molar-refractivity contribution in [1.29, 1.82) is 0 Å². The van der Waals surface area contributed by atoms with Crippen molar-refractivity contribution in [2.24, 2.45) is 0 Å². The van der Waals surface area contributed by atoms with Crippen molar-refractivity contribution in [1.82, 2.24) is 0 Å². The zero-order valence-electron chi connectivity index (χ0n) is 20.7. The molecule has 0 aliphatic carbocycles. The molecule has 14 nitrogen and oxygen atoms in total. The fourth-order valence-corrected chi connectivity index (χ4v) is 2.71. The lowest BCUT2D eigenvalue weighted by molar-refractivity contribution is -0.400. The molecule has 0 radical (unpaired) electrons. The first kappa shape index (κ1) is 31.7. The molecule has 0 fully saturated rings. The van der Waals surface area contributed by atoms with Crippen LogP contribution in [0, 0.1) is 0 Å². The van der Waals surface area contributed by atoms with Gasteiger partial charge in [0.15, 0.2) is 0 Å². The van der Waals surface area contributed by atoms with Crippen LogP contribution in [0.2, 0.25) is 0 Å². The Labute approximate surface area is 202 Å². The van der Waals surface area contributed by atoms with Gasteiger partial charge in [0.2, 0.25) is 11.2 Å². The lowest BCUT2D eigenvalue weighted by Gasteiger charge is -2.34. The van der Waals surface area contributed by atoms with E-state index in [1.54, 1.807) is 0 Å². The van der Waals surface area contributed by atoms with Crippen molar-refractivity contribution < 1.29 is 67.0 Å². The van der Waals surface area contributed by atoms with E-state index >= 15 is 0 Å². The van der Waals surface area contributed by atoms with Gasteiger partial charge in [-0.25, -0.2) is 19.4 Å². The molecule has 0 bridgehead atoms.